The number of hydrogen-bond donors (Lipinski definition) is 1. The molecule has 1 aromatic carbocycles. The molecule has 1 heterocycles. The van der Waals surface area contributed by atoms with Crippen LogP contribution in [0.1, 0.15) is 31.7 Å². The van der Waals surface area contributed by atoms with E-state index in [9.17, 15) is 0 Å². The summed E-state index contributed by atoms with van der Waals surface area (Å²) in [5.41, 5.74) is 1.32. The molecule has 2 atom stereocenters. The van der Waals surface area contributed by atoms with Crippen molar-refractivity contribution in [1.82, 2.24) is 5.32 Å². The van der Waals surface area contributed by atoms with E-state index in [1.807, 2.05) is 12.1 Å². The standard InChI is InChI=1S/C15H22ClNO/c1-11(2)7-13(16)9-17-8-12-10-18-15-6-4-3-5-14(12)15/h3-6,11-13,17H,7-10H2,1-2H3. The second-order valence-corrected chi connectivity index (χ2v) is 6.05. The van der Waals surface area contributed by atoms with E-state index >= 15 is 0 Å². The zero-order valence-electron chi connectivity index (χ0n) is 11.2. The van der Waals surface area contributed by atoms with Crippen LogP contribution in [0.15, 0.2) is 24.3 Å². The Balaban J connectivity index is 1.75. The van der Waals surface area contributed by atoms with Crippen LogP contribution in [0.25, 0.3) is 0 Å². The predicted octanol–water partition coefficient (Wildman–Crippen LogP) is 3.41. The number of rotatable bonds is 6. The van der Waals surface area contributed by atoms with E-state index in [1.54, 1.807) is 0 Å². The molecule has 0 saturated carbocycles. The number of halogens is 1. The molecule has 0 saturated heterocycles. The number of para-hydroxylation sites is 1. The lowest BCUT2D eigenvalue weighted by Crippen LogP contribution is -2.29. The SMILES string of the molecule is CC(C)CC(Cl)CNCC1COc2ccccc21. The Morgan fingerprint density at radius 2 is 2.17 bits per heavy atom. The van der Waals surface area contributed by atoms with Crippen LogP contribution in [0.3, 0.4) is 0 Å². The van der Waals surface area contributed by atoms with Crippen LogP contribution in [-0.4, -0.2) is 25.1 Å². The van der Waals surface area contributed by atoms with E-state index in [0.29, 0.717) is 11.8 Å². The lowest BCUT2D eigenvalue weighted by Gasteiger charge is -2.15. The van der Waals surface area contributed by atoms with Crippen LogP contribution < -0.4 is 10.1 Å². The summed E-state index contributed by atoms with van der Waals surface area (Å²) >= 11 is 6.27. The van der Waals surface area contributed by atoms with Gasteiger partial charge in [0.15, 0.2) is 0 Å². The molecule has 1 aliphatic rings. The van der Waals surface area contributed by atoms with Gasteiger partial charge < -0.3 is 10.1 Å². The second kappa shape index (κ2) is 6.44. The summed E-state index contributed by atoms with van der Waals surface area (Å²) in [5.74, 6) is 2.16. The maximum Gasteiger partial charge on any atom is 0.122 e. The second-order valence-electron chi connectivity index (χ2n) is 5.43. The van der Waals surface area contributed by atoms with Crippen molar-refractivity contribution in [3.05, 3.63) is 29.8 Å². The molecule has 1 aromatic rings. The molecule has 0 amide bonds. The zero-order chi connectivity index (χ0) is 13.0. The van der Waals surface area contributed by atoms with Gasteiger partial charge in [-0.05, 0) is 18.4 Å². The van der Waals surface area contributed by atoms with E-state index in [2.05, 4.69) is 31.3 Å². The van der Waals surface area contributed by atoms with Gasteiger partial charge in [-0.1, -0.05) is 32.0 Å². The average Bonchev–Trinajstić information content (AvgIpc) is 2.72. The van der Waals surface area contributed by atoms with Crippen molar-refractivity contribution in [2.45, 2.75) is 31.6 Å². The molecule has 0 fully saturated rings. The van der Waals surface area contributed by atoms with Crippen LogP contribution in [0, 0.1) is 5.92 Å². The van der Waals surface area contributed by atoms with Gasteiger partial charge in [-0.25, -0.2) is 0 Å². The average molecular weight is 268 g/mol. The fourth-order valence-electron chi connectivity index (χ4n) is 2.41. The first-order valence-electron chi connectivity index (χ1n) is 6.73. The minimum Gasteiger partial charge on any atom is -0.493 e. The molecule has 1 aliphatic heterocycles. The van der Waals surface area contributed by atoms with Crippen molar-refractivity contribution >= 4 is 11.6 Å². The van der Waals surface area contributed by atoms with Crippen molar-refractivity contribution in [2.24, 2.45) is 5.92 Å². The molecule has 0 aromatic heterocycles. The summed E-state index contributed by atoms with van der Waals surface area (Å²) < 4.78 is 5.66. The normalized spacial score (nSPS) is 19.7. The summed E-state index contributed by atoms with van der Waals surface area (Å²) in [6.45, 7) is 7.01. The summed E-state index contributed by atoms with van der Waals surface area (Å²) in [6, 6.07) is 8.29. The Hall–Kier alpha value is -0.730. The molecular formula is C15H22ClNO. The maximum atomic E-state index is 6.27. The number of ether oxygens (including phenoxy) is 1. The third-order valence-electron chi connectivity index (χ3n) is 3.28. The number of fused-ring (bicyclic) bond motifs is 1. The number of hydrogen-bond acceptors (Lipinski definition) is 2. The smallest absolute Gasteiger partial charge is 0.122 e. The number of benzene rings is 1. The molecule has 0 radical (unpaired) electrons. The number of nitrogens with one attached hydrogen (secondary N) is 1. The molecule has 1 N–H and O–H groups in total. The van der Waals surface area contributed by atoms with Gasteiger partial charge in [0.1, 0.15) is 5.75 Å². The third kappa shape index (κ3) is 3.63. The van der Waals surface area contributed by atoms with Gasteiger partial charge in [0.25, 0.3) is 0 Å². The van der Waals surface area contributed by atoms with Crippen LogP contribution in [0.5, 0.6) is 5.75 Å². The van der Waals surface area contributed by atoms with E-state index < -0.39 is 0 Å². The Morgan fingerprint density at radius 3 is 2.94 bits per heavy atom. The fraction of sp³-hybridized carbons (Fsp3) is 0.600. The first kappa shape index (κ1) is 13.7. The monoisotopic (exact) mass is 267 g/mol. The highest BCUT2D eigenvalue weighted by atomic mass is 35.5. The van der Waals surface area contributed by atoms with E-state index in [4.69, 9.17) is 16.3 Å². The van der Waals surface area contributed by atoms with Crippen LogP contribution in [0.4, 0.5) is 0 Å². The topological polar surface area (TPSA) is 21.3 Å². The molecule has 2 rings (SSSR count). The lowest BCUT2D eigenvalue weighted by molar-refractivity contribution is 0.326. The first-order chi connectivity index (χ1) is 8.66. The van der Waals surface area contributed by atoms with Gasteiger partial charge in [-0.3, -0.25) is 0 Å². The Morgan fingerprint density at radius 1 is 1.39 bits per heavy atom. The Labute approximate surface area is 115 Å². The van der Waals surface area contributed by atoms with Gasteiger partial charge >= 0.3 is 0 Å². The molecular weight excluding hydrogens is 246 g/mol. The van der Waals surface area contributed by atoms with Gasteiger partial charge in [0.05, 0.1) is 6.61 Å². The van der Waals surface area contributed by atoms with Crippen LogP contribution in [0.2, 0.25) is 0 Å². The lowest BCUT2D eigenvalue weighted by atomic mass is 10.0. The minimum absolute atomic E-state index is 0.225. The molecule has 18 heavy (non-hydrogen) atoms. The molecule has 2 nitrogen and oxygen atoms in total. The molecule has 2 unspecified atom stereocenters. The van der Waals surface area contributed by atoms with Crippen molar-refractivity contribution in [3.63, 3.8) is 0 Å². The van der Waals surface area contributed by atoms with Crippen molar-refractivity contribution in [3.8, 4) is 5.75 Å². The Kier molecular flexibility index (Phi) is 4.90. The third-order valence-corrected chi connectivity index (χ3v) is 3.62. The molecule has 0 aliphatic carbocycles. The number of alkyl halides is 1. The molecule has 0 spiro atoms. The van der Waals surface area contributed by atoms with Crippen molar-refractivity contribution in [2.75, 3.05) is 19.7 Å². The van der Waals surface area contributed by atoms with E-state index in [-0.39, 0.29) is 5.38 Å². The summed E-state index contributed by atoms with van der Waals surface area (Å²) in [4.78, 5) is 0. The highest BCUT2D eigenvalue weighted by Crippen LogP contribution is 2.32. The van der Waals surface area contributed by atoms with Gasteiger partial charge in [-0.15, -0.1) is 11.6 Å². The Bertz CT molecular complexity index is 381. The maximum absolute atomic E-state index is 6.27. The van der Waals surface area contributed by atoms with Gasteiger partial charge in [0.2, 0.25) is 0 Å². The van der Waals surface area contributed by atoms with Gasteiger partial charge in [-0.2, -0.15) is 0 Å². The molecule has 0 bridgehead atoms. The van der Waals surface area contributed by atoms with E-state index in [0.717, 1.165) is 31.9 Å². The molecule has 100 valence electrons. The fourth-order valence-corrected chi connectivity index (χ4v) is 2.87. The van der Waals surface area contributed by atoms with Crippen LogP contribution in [-0.2, 0) is 0 Å². The van der Waals surface area contributed by atoms with Crippen molar-refractivity contribution < 1.29 is 4.74 Å². The van der Waals surface area contributed by atoms with Crippen molar-refractivity contribution in [1.29, 1.82) is 0 Å². The summed E-state index contributed by atoms with van der Waals surface area (Å²) in [6.07, 6.45) is 1.06. The predicted molar refractivity (Wildman–Crippen MR) is 76.6 cm³/mol. The zero-order valence-corrected chi connectivity index (χ0v) is 11.9. The highest BCUT2D eigenvalue weighted by Gasteiger charge is 2.23. The largest absolute Gasteiger partial charge is 0.493 e. The first-order valence-corrected chi connectivity index (χ1v) is 7.17. The summed E-state index contributed by atoms with van der Waals surface area (Å²) in [7, 11) is 0. The van der Waals surface area contributed by atoms with E-state index in [1.165, 1.54) is 5.56 Å². The highest BCUT2D eigenvalue weighted by molar-refractivity contribution is 6.20. The molecule has 3 heteroatoms. The van der Waals surface area contributed by atoms with Crippen LogP contribution >= 0.6 is 11.6 Å². The minimum atomic E-state index is 0.225. The summed E-state index contributed by atoms with van der Waals surface area (Å²) in [5, 5.41) is 3.69. The quantitative estimate of drug-likeness (QED) is 0.798. The van der Waals surface area contributed by atoms with Gasteiger partial charge in [0, 0.05) is 29.9 Å².